The van der Waals surface area contributed by atoms with Crippen molar-refractivity contribution in [2.24, 2.45) is 11.7 Å². The number of amides is 1. The molecule has 0 aliphatic heterocycles. The monoisotopic (exact) mass is 384 g/mol. The van der Waals surface area contributed by atoms with Crippen molar-refractivity contribution in [3.8, 4) is 5.75 Å². The van der Waals surface area contributed by atoms with Gasteiger partial charge < -0.3 is 20.5 Å². The van der Waals surface area contributed by atoms with Crippen LogP contribution in [0.2, 0.25) is 0 Å². The lowest BCUT2D eigenvalue weighted by atomic mass is 9.98. The van der Waals surface area contributed by atoms with Crippen molar-refractivity contribution >= 4 is 11.9 Å². The van der Waals surface area contributed by atoms with Crippen LogP contribution >= 0.6 is 0 Å². The Balaban J connectivity index is 1.98. The van der Waals surface area contributed by atoms with Gasteiger partial charge >= 0.3 is 5.97 Å². The lowest BCUT2D eigenvalue weighted by Crippen LogP contribution is -2.39. The molecular weight excluding hydrogens is 356 g/mol. The smallest absolute Gasteiger partial charge is 0.310 e. The molecule has 0 saturated heterocycles. The zero-order valence-electron chi connectivity index (χ0n) is 16.6. The molecule has 150 valence electrons. The van der Waals surface area contributed by atoms with Crippen LogP contribution in [0.15, 0.2) is 48.5 Å². The molecule has 0 fully saturated rings. The van der Waals surface area contributed by atoms with Crippen LogP contribution in [0.4, 0.5) is 0 Å². The van der Waals surface area contributed by atoms with Crippen molar-refractivity contribution < 1.29 is 19.1 Å². The quantitative estimate of drug-likeness (QED) is 0.649. The summed E-state index contributed by atoms with van der Waals surface area (Å²) in [4.78, 5) is 24.6. The van der Waals surface area contributed by atoms with Gasteiger partial charge in [-0.2, -0.15) is 0 Å². The van der Waals surface area contributed by atoms with Crippen LogP contribution < -0.4 is 15.8 Å². The predicted molar refractivity (Wildman–Crippen MR) is 108 cm³/mol. The number of rotatable bonds is 9. The summed E-state index contributed by atoms with van der Waals surface area (Å²) >= 11 is 0. The Kier molecular flexibility index (Phi) is 8.02. The molecule has 0 spiro atoms. The Labute approximate surface area is 166 Å². The average molecular weight is 384 g/mol. The Morgan fingerprint density at radius 1 is 1.07 bits per heavy atom. The molecule has 2 aromatic rings. The van der Waals surface area contributed by atoms with E-state index < -0.39 is 12.0 Å². The highest BCUT2D eigenvalue weighted by Gasteiger charge is 2.23. The normalized spacial score (nSPS) is 12.7. The van der Waals surface area contributed by atoms with Gasteiger partial charge in [0.1, 0.15) is 11.8 Å². The third-order valence-electron chi connectivity index (χ3n) is 4.49. The van der Waals surface area contributed by atoms with Crippen LogP contribution in [0.5, 0.6) is 5.75 Å². The second kappa shape index (κ2) is 10.5. The zero-order chi connectivity index (χ0) is 20.5. The van der Waals surface area contributed by atoms with E-state index in [2.05, 4.69) is 5.32 Å². The topological polar surface area (TPSA) is 90.6 Å². The van der Waals surface area contributed by atoms with Crippen molar-refractivity contribution in [2.45, 2.75) is 26.3 Å². The SMILES string of the molecule is CCOc1ccc(CC(CNC(=O)C(N)c2ccc(C)cc2)C(=O)OC)cc1. The van der Waals surface area contributed by atoms with Crippen LogP contribution in [0.25, 0.3) is 0 Å². The third kappa shape index (κ3) is 6.09. The summed E-state index contributed by atoms with van der Waals surface area (Å²) in [5, 5.41) is 2.77. The molecule has 0 aromatic heterocycles. The molecule has 28 heavy (non-hydrogen) atoms. The molecule has 0 aliphatic carbocycles. The van der Waals surface area contributed by atoms with Crippen molar-refractivity contribution in [2.75, 3.05) is 20.3 Å². The Morgan fingerprint density at radius 3 is 2.29 bits per heavy atom. The van der Waals surface area contributed by atoms with E-state index in [0.717, 1.165) is 22.4 Å². The van der Waals surface area contributed by atoms with E-state index >= 15 is 0 Å². The number of benzene rings is 2. The molecule has 0 saturated carbocycles. The highest BCUT2D eigenvalue weighted by Crippen LogP contribution is 2.16. The van der Waals surface area contributed by atoms with Crippen LogP contribution in [-0.4, -0.2) is 32.1 Å². The number of nitrogens with two attached hydrogens (primary N) is 1. The average Bonchev–Trinajstić information content (AvgIpc) is 2.71. The number of methoxy groups -OCH3 is 1. The first kappa shape index (κ1) is 21.4. The van der Waals surface area contributed by atoms with Gasteiger partial charge in [0.15, 0.2) is 0 Å². The molecule has 3 N–H and O–H groups in total. The van der Waals surface area contributed by atoms with Gasteiger partial charge in [-0.1, -0.05) is 42.0 Å². The number of ether oxygens (including phenoxy) is 2. The molecule has 2 rings (SSSR count). The summed E-state index contributed by atoms with van der Waals surface area (Å²) in [5.41, 5.74) is 8.81. The molecule has 6 nitrogen and oxygen atoms in total. The van der Waals surface area contributed by atoms with Gasteiger partial charge in [0.2, 0.25) is 5.91 Å². The minimum atomic E-state index is -0.788. The van der Waals surface area contributed by atoms with Gasteiger partial charge in [-0.25, -0.2) is 0 Å². The molecule has 2 aromatic carbocycles. The highest BCUT2D eigenvalue weighted by molar-refractivity contribution is 5.83. The summed E-state index contributed by atoms with van der Waals surface area (Å²) in [6.45, 7) is 4.64. The first-order valence-corrected chi connectivity index (χ1v) is 9.34. The molecule has 0 radical (unpaired) electrons. The van der Waals surface area contributed by atoms with E-state index in [-0.39, 0.29) is 18.4 Å². The summed E-state index contributed by atoms with van der Waals surface area (Å²) in [7, 11) is 1.34. The van der Waals surface area contributed by atoms with Crippen LogP contribution in [0.1, 0.15) is 29.7 Å². The van der Waals surface area contributed by atoms with Gasteiger partial charge in [0.05, 0.1) is 19.6 Å². The third-order valence-corrected chi connectivity index (χ3v) is 4.49. The van der Waals surface area contributed by atoms with Crippen molar-refractivity contribution in [1.82, 2.24) is 5.32 Å². The van der Waals surface area contributed by atoms with E-state index in [1.165, 1.54) is 7.11 Å². The van der Waals surface area contributed by atoms with Crippen LogP contribution in [0, 0.1) is 12.8 Å². The van der Waals surface area contributed by atoms with Crippen molar-refractivity contribution in [1.29, 1.82) is 0 Å². The fraction of sp³-hybridized carbons (Fsp3) is 0.364. The fourth-order valence-electron chi connectivity index (χ4n) is 2.84. The minimum Gasteiger partial charge on any atom is -0.494 e. The number of hydrogen-bond donors (Lipinski definition) is 2. The van der Waals surface area contributed by atoms with Gasteiger partial charge in [-0.3, -0.25) is 9.59 Å². The van der Waals surface area contributed by atoms with Gasteiger partial charge in [0.25, 0.3) is 0 Å². The first-order valence-electron chi connectivity index (χ1n) is 9.34. The Hall–Kier alpha value is -2.86. The summed E-state index contributed by atoms with van der Waals surface area (Å²) in [5.74, 6) is -0.433. The highest BCUT2D eigenvalue weighted by atomic mass is 16.5. The van der Waals surface area contributed by atoms with Crippen molar-refractivity contribution in [3.63, 3.8) is 0 Å². The Bertz CT molecular complexity index is 772. The largest absolute Gasteiger partial charge is 0.494 e. The van der Waals surface area contributed by atoms with E-state index in [1.54, 1.807) is 0 Å². The number of carbonyl (C=O) groups is 2. The summed E-state index contributed by atoms with van der Waals surface area (Å²) in [6, 6.07) is 14.2. The maximum Gasteiger partial charge on any atom is 0.310 e. The van der Waals surface area contributed by atoms with Gasteiger partial charge in [-0.15, -0.1) is 0 Å². The molecule has 0 aliphatic rings. The van der Waals surface area contributed by atoms with E-state index in [0.29, 0.717) is 13.0 Å². The van der Waals surface area contributed by atoms with Gasteiger partial charge in [-0.05, 0) is 43.5 Å². The standard InChI is InChI=1S/C22H28N2O4/c1-4-28-19-11-7-16(8-12-19)13-18(22(26)27-3)14-24-21(25)20(23)17-9-5-15(2)6-10-17/h5-12,18,20H,4,13-14,23H2,1-3H3,(H,24,25). The fourth-order valence-corrected chi connectivity index (χ4v) is 2.84. The van der Waals surface area contributed by atoms with Gasteiger partial charge in [0, 0.05) is 6.54 Å². The van der Waals surface area contributed by atoms with Crippen molar-refractivity contribution in [3.05, 3.63) is 65.2 Å². The lowest BCUT2D eigenvalue weighted by molar-refractivity contribution is -0.145. The molecule has 1 amide bonds. The second-order valence-electron chi connectivity index (χ2n) is 6.63. The molecule has 6 heteroatoms. The zero-order valence-corrected chi connectivity index (χ0v) is 16.6. The minimum absolute atomic E-state index is 0.151. The lowest BCUT2D eigenvalue weighted by Gasteiger charge is -2.18. The molecule has 2 unspecified atom stereocenters. The summed E-state index contributed by atoms with van der Waals surface area (Å²) in [6.07, 6.45) is 0.444. The van der Waals surface area contributed by atoms with E-state index in [1.807, 2.05) is 62.4 Å². The number of carbonyl (C=O) groups excluding carboxylic acids is 2. The second-order valence-corrected chi connectivity index (χ2v) is 6.63. The predicted octanol–water partition coefficient (Wildman–Crippen LogP) is 2.54. The first-order chi connectivity index (χ1) is 13.4. The number of nitrogens with one attached hydrogen (secondary N) is 1. The van der Waals surface area contributed by atoms with E-state index in [4.69, 9.17) is 15.2 Å². The number of hydrogen-bond acceptors (Lipinski definition) is 5. The molecule has 2 atom stereocenters. The number of esters is 1. The molecule has 0 heterocycles. The molecular formula is C22H28N2O4. The summed E-state index contributed by atoms with van der Waals surface area (Å²) < 4.78 is 10.3. The number of aryl methyl sites for hydroxylation is 1. The molecule has 0 bridgehead atoms. The maximum atomic E-state index is 12.4. The Morgan fingerprint density at radius 2 is 1.71 bits per heavy atom. The van der Waals surface area contributed by atoms with E-state index in [9.17, 15) is 9.59 Å². The van der Waals surface area contributed by atoms with Crippen LogP contribution in [0.3, 0.4) is 0 Å². The van der Waals surface area contributed by atoms with Crippen LogP contribution in [-0.2, 0) is 20.7 Å². The maximum absolute atomic E-state index is 12.4.